The van der Waals surface area contributed by atoms with E-state index in [-0.39, 0.29) is 0 Å². The molecule has 29 heavy (non-hydrogen) atoms. The zero-order valence-electron chi connectivity index (χ0n) is 16.7. The molecule has 0 unspecified atom stereocenters. The lowest BCUT2D eigenvalue weighted by atomic mass is 10.1. The van der Waals surface area contributed by atoms with E-state index in [0.29, 0.717) is 16.1 Å². The molecule has 0 radical (unpaired) electrons. The molecule has 0 atom stereocenters. The van der Waals surface area contributed by atoms with E-state index in [9.17, 15) is 0 Å². The fourth-order valence-corrected chi connectivity index (χ4v) is 3.06. The smallest absolute Gasteiger partial charge is 0.170 e. The lowest BCUT2D eigenvalue weighted by Gasteiger charge is -2.12. The van der Waals surface area contributed by atoms with Crippen molar-refractivity contribution in [3.8, 4) is 0 Å². The quantitative estimate of drug-likeness (QED) is 0.270. The summed E-state index contributed by atoms with van der Waals surface area (Å²) in [6.07, 6.45) is 1.74. The van der Waals surface area contributed by atoms with Crippen molar-refractivity contribution in [1.29, 1.82) is 0 Å². The molecule has 7 heteroatoms. The average molecular weight is 426 g/mol. The number of fused-ring (bicyclic) bond motifs is 1. The number of hydrazone groups is 1. The molecule has 150 valence electrons. The summed E-state index contributed by atoms with van der Waals surface area (Å²) in [6.45, 7) is 7.09. The van der Waals surface area contributed by atoms with Gasteiger partial charge in [0.15, 0.2) is 5.11 Å². The molecule has 0 aliphatic rings. The Morgan fingerprint density at radius 1 is 1.14 bits per heavy atom. The Balaban J connectivity index is 1.67. The van der Waals surface area contributed by atoms with Gasteiger partial charge in [-0.15, -0.1) is 0 Å². The lowest BCUT2D eigenvalue weighted by Crippen LogP contribution is -2.31. The highest BCUT2D eigenvalue weighted by Crippen LogP contribution is 2.24. The Kier molecular flexibility index (Phi) is 7.01. The molecule has 0 aliphatic carbocycles. The van der Waals surface area contributed by atoms with Crippen LogP contribution in [0.4, 0.5) is 11.4 Å². The molecule has 0 saturated carbocycles. The number of nitrogens with one attached hydrogen (secondary N) is 3. The third kappa shape index (κ3) is 5.89. The summed E-state index contributed by atoms with van der Waals surface area (Å²) in [4.78, 5) is 4.35. The van der Waals surface area contributed by atoms with E-state index in [1.54, 1.807) is 6.20 Å². The summed E-state index contributed by atoms with van der Waals surface area (Å²) >= 11 is 11.4. The largest absolute Gasteiger partial charge is 0.362 e. The average Bonchev–Trinajstić information content (AvgIpc) is 2.70. The Bertz CT molecular complexity index is 1030. The minimum Gasteiger partial charge on any atom is -0.362 e. The molecule has 3 N–H and O–H groups in total. The molecule has 1 heterocycles. The minimum atomic E-state index is 0.540. The summed E-state index contributed by atoms with van der Waals surface area (Å²) in [7, 11) is 0. The van der Waals surface area contributed by atoms with Gasteiger partial charge in [0.05, 0.1) is 16.9 Å². The van der Waals surface area contributed by atoms with Crippen molar-refractivity contribution in [2.45, 2.75) is 20.8 Å². The van der Waals surface area contributed by atoms with Crippen LogP contribution in [0.3, 0.4) is 0 Å². The molecule has 3 rings (SSSR count). The number of aromatic nitrogens is 1. The summed E-state index contributed by atoms with van der Waals surface area (Å²) in [5, 5.41) is 13.2. The number of hydrogen-bond donors (Lipinski definition) is 3. The van der Waals surface area contributed by atoms with Crippen LogP contribution in [-0.4, -0.2) is 22.4 Å². The molecule has 0 spiro atoms. The van der Waals surface area contributed by atoms with Crippen LogP contribution in [0.2, 0.25) is 5.02 Å². The highest BCUT2D eigenvalue weighted by atomic mass is 35.5. The van der Waals surface area contributed by atoms with Crippen LogP contribution in [0.25, 0.3) is 10.9 Å². The van der Waals surface area contributed by atoms with E-state index in [4.69, 9.17) is 23.8 Å². The second kappa shape index (κ2) is 9.67. The van der Waals surface area contributed by atoms with Gasteiger partial charge in [0.2, 0.25) is 0 Å². The molecule has 1 aromatic heterocycles. The van der Waals surface area contributed by atoms with E-state index in [0.717, 1.165) is 40.1 Å². The first-order valence-electron chi connectivity index (χ1n) is 9.42. The summed E-state index contributed by atoms with van der Waals surface area (Å²) in [5.41, 5.74) is 7.67. The maximum atomic E-state index is 6.05. The predicted molar refractivity (Wildman–Crippen MR) is 128 cm³/mol. The molecular formula is C22H24ClN5S. The van der Waals surface area contributed by atoms with Gasteiger partial charge in [-0.25, -0.2) is 0 Å². The Morgan fingerprint density at radius 3 is 2.62 bits per heavy atom. The van der Waals surface area contributed by atoms with Crippen LogP contribution in [-0.2, 0) is 0 Å². The van der Waals surface area contributed by atoms with Gasteiger partial charge in [-0.05, 0) is 67.0 Å². The zero-order chi connectivity index (χ0) is 20.8. The van der Waals surface area contributed by atoms with E-state index in [1.165, 1.54) is 0 Å². The lowest BCUT2D eigenvalue weighted by molar-refractivity contribution is 0.627. The van der Waals surface area contributed by atoms with Gasteiger partial charge in [0.1, 0.15) is 0 Å². The number of hydrogen-bond acceptors (Lipinski definition) is 4. The van der Waals surface area contributed by atoms with E-state index in [2.05, 4.69) is 40.0 Å². The first-order chi connectivity index (χ1) is 13.9. The maximum Gasteiger partial charge on any atom is 0.170 e. The highest BCUT2D eigenvalue weighted by molar-refractivity contribution is 7.80. The van der Waals surface area contributed by atoms with Crippen molar-refractivity contribution in [1.82, 2.24) is 10.3 Å². The topological polar surface area (TPSA) is 61.3 Å². The van der Waals surface area contributed by atoms with Crippen molar-refractivity contribution in [3.05, 3.63) is 65.3 Å². The van der Waals surface area contributed by atoms with Gasteiger partial charge in [-0.2, -0.15) is 5.10 Å². The molecule has 5 nitrogen and oxygen atoms in total. The molecule has 0 aliphatic heterocycles. The number of benzene rings is 2. The third-order valence-electron chi connectivity index (χ3n) is 4.28. The second-order valence-corrected chi connectivity index (χ2v) is 7.98. The van der Waals surface area contributed by atoms with Crippen molar-refractivity contribution in [2.75, 3.05) is 17.3 Å². The van der Waals surface area contributed by atoms with Crippen LogP contribution in [0.1, 0.15) is 26.3 Å². The Labute approximate surface area is 181 Å². The molecule has 3 aromatic rings. The van der Waals surface area contributed by atoms with Crippen LogP contribution in [0.5, 0.6) is 0 Å². The van der Waals surface area contributed by atoms with Crippen molar-refractivity contribution in [3.63, 3.8) is 0 Å². The first kappa shape index (κ1) is 21.0. The van der Waals surface area contributed by atoms with Crippen molar-refractivity contribution >= 4 is 56.9 Å². The predicted octanol–water partition coefficient (Wildman–Crippen LogP) is 5.67. The third-order valence-corrected chi connectivity index (χ3v) is 4.76. The summed E-state index contributed by atoms with van der Waals surface area (Å²) < 4.78 is 0. The SMILES string of the molecule is C/C(=N\Nc1ccnc2cc(Cl)ccc12)c1ccc(NC(=S)NCC(C)C)cc1. The van der Waals surface area contributed by atoms with Crippen LogP contribution in [0.15, 0.2) is 59.8 Å². The van der Waals surface area contributed by atoms with Crippen molar-refractivity contribution in [2.24, 2.45) is 11.0 Å². The normalized spacial score (nSPS) is 11.6. The number of nitrogens with zero attached hydrogens (tertiary/aromatic N) is 2. The molecule has 0 amide bonds. The molecule has 0 fully saturated rings. The van der Waals surface area contributed by atoms with E-state index in [1.807, 2.05) is 55.5 Å². The van der Waals surface area contributed by atoms with Gasteiger partial charge in [-0.1, -0.05) is 37.6 Å². The van der Waals surface area contributed by atoms with Crippen LogP contribution >= 0.6 is 23.8 Å². The molecule has 0 bridgehead atoms. The fraction of sp³-hybridized carbons (Fsp3) is 0.227. The van der Waals surface area contributed by atoms with Gasteiger partial charge in [0.25, 0.3) is 0 Å². The number of rotatable bonds is 6. The number of thiocarbonyl (C=S) groups is 1. The number of anilines is 2. The Hall–Kier alpha value is -2.70. The molecular weight excluding hydrogens is 402 g/mol. The van der Waals surface area contributed by atoms with Crippen LogP contribution in [0, 0.1) is 5.92 Å². The van der Waals surface area contributed by atoms with Gasteiger partial charge >= 0.3 is 0 Å². The summed E-state index contributed by atoms with van der Waals surface area (Å²) in [5.74, 6) is 0.540. The first-order valence-corrected chi connectivity index (χ1v) is 10.2. The highest BCUT2D eigenvalue weighted by Gasteiger charge is 2.04. The fourth-order valence-electron chi connectivity index (χ4n) is 2.69. The second-order valence-electron chi connectivity index (χ2n) is 7.14. The Morgan fingerprint density at radius 2 is 1.90 bits per heavy atom. The minimum absolute atomic E-state index is 0.540. The molecule has 0 saturated heterocycles. The van der Waals surface area contributed by atoms with Gasteiger partial charge in [0, 0.05) is 28.8 Å². The standard InChI is InChI=1S/C22H24ClN5S/c1-14(2)13-25-22(29)26-18-7-4-16(5-8-18)15(3)27-28-20-10-11-24-21-12-17(23)6-9-19(20)21/h4-12,14H,13H2,1-3H3,(H,24,28)(H2,25,26,29)/b27-15+. The summed E-state index contributed by atoms with van der Waals surface area (Å²) in [6, 6.07) is 15.5. The molecule has 2 aromatic carbocycles. The van der Waals surface area contributed by atoms with Gasteiger partial charge < -0.3 is 10.6 Å². The van der Waals surface area contributed by atoms with Crippen LogP contribution < -0.4 is 16.1 Å². The van der Waals surface area contributed by atoms with E-state index >= 15 is 0 Å². The number of pyridine rings is 1. The maximum absolute atomic E-state index is 6.05. The zero-order valence-corrected chi connectivity index (χ0v) is 18.2. The monoisotopic (exact) mass is 425 g/mol. The van der Waals surface area contributed by atoms with E-state index < -0.39 is 0 Å². The van der Waals surface area contributed by atoms with Crippen molar-refractivity contribution < 1.29 is 0 Å². The van der Waals surface area contributed by atoms with Gasteiger partial charge in [-0.3, -0.25) is 10.4 Å². The number of halogens is 1.